The summed E-state index contributed by atoms with van der Waals surface area (Å²) in [5, 5.41) is 0.687. The van der Waals surface area contributed by atoms with E-state index in [-0.39, 0.29) is 5.82 Å². The summed E-state index contributed by atoms with van der Waals surface area (Å²) >= 11 is 0. The summed E-state index contributed by atoms with van der Waals surface area (Å²) in [4.78, 5) is 6.55. The number of sulfonamides is 1. The van der Waals surface area contributed by atoms with Crippen molar-refractivity contribution in [2.24, 2.45) is 0 Å². The number of hydrogen-bond acceptors (Lipinski definition) is 4. The number of piperazine rings is 1. The highest BCUT2D eigenvalue weighted by atomic mass is 32.2. The van der Waals surface area contributed by atoms with Crippen molar-refractivity contribution in [1.29, 1.82) is 0 Å². The molecule has 0 spiro atoms. The van der Waals surface area contributed by atoms with Crippen molar-refractivity contribution < 1.29 is 12.8 Å². The van der Waals surface area contributed by atoms with E-state index < -0.39 is 10.0 Å². The molecule has 3 aromatic rings. The molecule has 26 heavy (non-hydrogen) atoms. The molecule has 1 aliphatic heterocycles. The van der Waals surface area contributed by atoms with Crippen LogP contribution in [0.3, 0.4) is 0 Å². The summed E-state index contributed by atoms with van der Waals surface area (Å²) in [5.74, 6) is -0.328. The Morgan fingerprint density at radius 1 is 1.00 bits per heavy atom. The number of hydrogen-bond donors (Lipinski definition) is 0. The third-order valence-electron chi connectivity index (χ3n) is 4.55. The van der Waals surface area contributed by atoms with Crippen LogP contribution in [0.4, 0.5) is 10.1 Å². The summed E-state index contributed by atoms with van der Waals surface area (Å²) in [5.41, 5.74) is 1.45. The number of aromatic nitrogens is 1. The number of anilines is 1. The quantitative estimate of drug-likeness (QED) is 0.711. The molecule has 1 aliphatic rings. The van der Waals surface area contributed by atoms with Crippen LogP contribution in [0, 0.1) is 11.9 Å². The minimum atomic E-state index is -3.49. The first kappa shape index (κ1) is 16.9. The zero-order valence-electron chi connectivity index (χ0n) is 14.0. The van der Waals surface area contributed by atoms with Crippen LogP contribution >= 0.6 is 0 Å². The predicted molar refractivity (Wildman–Crippen MR) is 98.0 cm³/mol. The second-order valence-corrected chi connectivity index (χ2v) is 8.05. The van der Waals surface area contributed by atoms with Crippen molar-refractivity contribution in [2.75, 3.05) is 31.1 Å². The van der Waals surface area contributed by atoms with Crippen molar-refractivity contribution in [3.05, 3.63) is 66.6 Å². The van der Waals surface area contributed by atoms with Gasteiger partial charge in [0.1, 0.15) is 5.82 Å². The van der Waals surface area contributed by atoms with E-state index >= 15 is 0 Å². The lowest BCUT2D eigenvalue weighted by atomic mass is 10.1. The number of rotatable bonds is 3. The maximum absolute atomic E-state index is 13.6. The zero-order chi connectivity index (χ0) is 18.1. The van der Waals surface area contributed by atoms with Crippen LogP contribution in [0.2, 0.25) is 0 Å². The van der Waals surface area contributed by atoms with Gasteiger partial charge in [0.2, 0.25) is 10.0 Å². The van der Waals surface area contributed by atoms with Crippen molar-refractivity contribution in [3.8, 4) is 0 Å². The van der Waals surface area contributed by atoms with Crippen molar-refractivity contribution in [1.82, 2.24) is 9.29 Å². The Bertz CT molecular complexity index is 1030. The molecule has 133 valence electrons. The van der Waals surface area contributed by atoms with Crippen LogP contribution in [0.5, 0.6) is 0 Å². The van der Waals surface area contributed by atoms with Crippen LogP contribution in [-0.4, -0.2) is 43.9 Å². The van der Waals surface area contributed by atoms with Crippen molar-refractivity contribution >= 4 is 26.6 Å². The predicted octanol–water partition coefficient (Wildman–Crippen LogP) is 2.68. The second kappa shape index (κ2) is 6.66. The van der Waals surface area contributed by atoms with Crippen LogP contribution in [-0.2, 0) is 10.0 Å². The fraction of sp³-hybridized carbons (Fsp3) is 0.211. The molecule has 0 unspecified atom stereocenters. The maximum atomic E-state index is 13.6. The van der Waals surface area contributed by atoms with Gasteiger partial charge in [0, 0.05) is 43.8 Å². The van der Waals surface area contributed by atoms with Gasteiger partial charge in [0.05, 0.1) is 16.1 Å². The summed E-state index contributed by atoms with van der Waals surface area (Å²) < 4.78 is 40.6. The van der Waals surface area contributed by atoms with Crippen LogP contribution < -0.4 is 4.90 Å². The van der Waals surface area contributed by atoms with E-state index in [1.54, 1.807) is 42.6 Å². The smallest absolute Gasteiger partial charge is 0.243 e. The van der Waals surface area contributed by atoms with E-state index in [2.05, 4.69) is 11.1 Å². The number of fused-ring (bicyclic) bond motifs is 1. The van der Waals surface area contributed by atoms with E-state index in [0.717, 1.165) is 5.69 Å². The van der Waals surface area contributed by atoms with Crippen LogP contribution in [0.25, 0.3) is 10.9 Å². The third kappa shape index (κ3) is 3.04. The summed E-state index contributed by atoms with van der Waals surface area (Å²) in [6.45, 7) is 1.75. The number of pyridine rings is 1. The molecule has 0 aliphatic carbocycles. The first-order chi connectivity index (χ1) is 12.6. The van der Waals surface area contributed by atoms with E-state index in [1.807, 2.05) is 4.90 Å². The normalized spacial score (nSPS) is 16.1. The molecule has 2 heterocycles. The molecular formula is C19H17FN3O2S. The Hall–Kier alpha value is -2.51. The average Bonchev–Trinajstić information content (AvgIpc) is 2.68. The molecule has 1 fully saturated rings. The molecule has 0 N–H and O–H groups in total. The number of nitrogens with zero attached hydrogens (tertiary/aromatic N) is 3. The third-order valence-corrected chi connectivity index (χ3v) is 6.47. The van der Waals surface area contributed by atoms with Crippen LogP contribution in [0.1, 0.15) is 0 Å². The molecule has 0 saturated carbocycles. The number of halogens is 1. The highest BCUT2D eigenvalue weighted by Crippen LogP contribution is 2.27. The Morgan fingerprint density at radius 2 is 1.73 bits per heavy atom. The Kier molecular flexibility index (Phi) is 4.34. The molecule has 0 bridgehead atoms. The first-order valence-electron chi connectivity index (χ1n) is 8.32. The molecule has 2 aromatic carbocycles. The largest absolute Gasteiger partial charge is 0.368 e. The first-order valence-corrected chi connectivity index (χ1v) is 9.76. The molecule has 0 amide bonds. The van der Waals surface area contributed by atoms with Gasteiger partial charge in [0.25, 0.3) is 0 Å². The van der Waals surface area contributed by atoms with E-state index in [1.165, 1.54) is 16.4 Å². The topological polar surface area (TPSA) is 53.5 Å². The number of benzene rings is 2. The van der Waals surface area contributed by atoms with Gasteiger partial charge in [-0.15, -0.1) is 0 Å². The van der Waals surface area contributed by atoms with Gasteiger partial charge in [-0.2, -0.15) is 4.31 Å². The SMILES string of the molecule is O=S(=O)(c1ccccc1)N1CCN(c2[c]cnc3ccc(F)cc23)CC1. The van der Waals surface area contributed by atoms with Gasteiger partial charge >= 0.3 is 0 Å². The molecule has 7 heteroatoms. The van der Waals surface area contributed by atoms with Crippen molar-refractivity contribution in [2.45, 2.75) is 4.90 Å². The Morgan fingerprint density at radius 3 is 2.46 bits per heavy atom. The van der Waals surface area contributed by atoms with E-state index in [4.69, 9.17) is 0 Å². The zero-order valence-corrected chi connectivity index (χ0v) is 14.8. The molecule has 4 rings (SSSR count). The van der Waals surface area contributed by atoms with Crippen LogP contribution in [0.15, 0.2) is 59.6 Å². The lowest BCUT2D eigenvalue weighted by Gasteiger charge is -2.35. The fourth-order valence-electron chi connectivity index (χ4n) is 3.21. The van der Waals surface area contributed by atoms with Gasteiger partial charge in [-0.3, -0.25) is 4.98 Å². The lowest BCUT2D eigenvalue weighted by Crippen LogP contribution is -2.48. The van der Waals surface area contributed by atoms with Gasteiger partial charge in [0.15, 0.2) is 0 Å². The molecule has 1 radical (unpaired) electrons. The second-order valence-electron chi connectivity index (χ2n) is 6.12. The standard InChI is InChI=1S/C19H17FN3O2S/c20-15-6-7-18-17(14-15)19(8-9-21-18)22-10-12-23(13-11-22)26(24,25)16-4-2-1-3-5-16/h1-7,9,14H,10-13H2. The van der Waals surface area contributed by atoms with Crippen molar-refractivity contribution in [3.63, 3.8) is 0 Å². The lowest BCUT2D eigenvalue weighted by molar-refractivity contribution is 0.385. The highest BCUT2D eigenvalue weighted by Gasteiger charge is 2.28. The molecular weight excluding hydrogens is 353 g/mol. The minimum Gasteiger partial charge on any atom is -0.368 e. The Balaban J connectivity index is 1.57. The summed E-state index contributed by atoms with van der Waals surface area (Å²) in [6.07, 6.45) is 1.57. The molecule has 1 saturated heterocycles. The van der Waals surface area contributed by atoms with E-state index in [9.17, 15) is 12.8 Å². The Labute approximate surface area is 151 Å². The highest BCUT2D eigenvalue weighted by molar-refractivity contribution is 7.89. The van der Waals surface area contributed by atoms with Gasteiger partial charge in [-0.05, 0) is 30.3 Å². The molecule has 5 nitrogen and oxygen atoms in total. The maximum Gasteiger partial charge on any atom is 0.243 e. The summed E-state index contributed by atoms with van der Waals surface area (Å²) in [7, 11) is -3.49. The van der Waals surface area contributed by atoms with E-state index in [0.29, 0.717) is 42.0 Å². The minimum absolute atomic E-state index is 0.302. The monoisotopic (exact) mass is 370 g/mol. The average molecular weight is 370 g/mol. The molecule has 0 atom stereocenters. The fourth-order valence-corrected chi connectivity index (χ4v) is 4.65. The van der Waals surface area contributed by atoms with Gasteiger partial charge in [-0.1, -0.05) is 18.2 Å². The van der Waals surface area contributed by atoms with Gasteiger partial charge in [-0.25, -0.2) is 12.8 Å². The summed E-state index contributed by atoms with van der Waals surface area (Å²) in [6, 6.07) is 16.0. The molecule has 1 aromatic heterocycles. The van der Waals surface area contributed by atoms with Gasteiger partial charge < -0.3 is 4.90 Å².